The zero-order valence-electron chi connectivity index (χ0n) is 16.2. The van der Waals surface area contributed by atoms with E-state index in [1.54, 1.807) is 24.3 Å². The fourth-order valence-corrected chi connectivity index (χ4v) is 3.30. The maximum Gasteiger partial charge on any atom is 0.309 e. The van der Waals surface area contributed by atoms with Gasteiger partial charge in [0, 0.05) is 6.04 Å². The van der Waals surface area contributed by atoms with Crippen molar-refractivity contribution < 1.29 is 23.4 Å². The Bertz CT molecular complexity index is 763. The summed E-state index contributed by atoms with van der Waals surface area (Å²) in [4.78, 5) is 12.0. The van der Waals surface area contributed by atoms with Crippen LogP contribution in [0, 0.1) is 11.7 Å². The van der Waals surface area contributed by atoms with E-state index in [0.29, 0.717) is 24.5 Å². The van der Waals surface area contributed by atoms with Crippen LogP contribution in [0.15, 0.2) is 48.5 Å². The van der Waals surface area contributed by atoms with Gasteiger partial charge in [-0.15, -0.1) is 0 Å². The van der Waals surface area contributed by atoms with Gasteiger partial charge in [0.05, 0.1) is 12.5 Å². The number of esters is 1. The Morgan fingerprint density at radius 1 is 1.11 bits per heavy atom. The molecule has 0 radical (unpaired) electrons. The number of rotatable bonds is 7. The van der Waals surface area contributed by atoms with E-state index in [0.717, 1.165) is 18.7 Å². The fraction of sp³-hybridized carbons (Fsp3) is 0.409. The topological polar surface area (TPSA) is 56.8 Å². The maximum atomic E-state index is 13.0. The van der Waals surface area contributed by atoms with Crippen molar-refractivity contribution in [2.24, 2.45) is 5.92 Å². The van der Waals surface area contributed by atoms with Gasteiger partial charge >= 0.3 is 5.97 Å². The molecular formula is C22H26FNO4. The van der Waals surface area contributed by atoms with Gasteiger partial charge < -0.3 is 19.5 Å². The zero-order valence-corrected chi connectivity index (χ0v) is 16.2. The van der Waals surface area contributed by atoms with E-state index in [1.807, 2.05) is 26.0 Å². The van der Waals surface area contributed by atoms with E-state index in [4.69, 9.17) is 14.2 Å². The number of carbonyl (C=O) groups excluding carboxylic acids is 1. The van der Waals surface area contributed by atoms with Crippen molar-refractivity contribution in [3.05, 3.63) is 54.3 Å². The summed E-state index contributed by atoms with van der Waals surface area (Å²) in [6, 6.07) is 13.2. The Morgan fingerprint density at radius 3 is 2.36 bits per heavy atom. The van der Waals surface area contributed by atoms with Gasteiger partial charge in [-0.25, -0.2) is 4.39 Å². The molecule has 0 bridgehead atoms. The first kappa shape index (κ1) is 20.1. The Balaban J connectivity index is 1.54. The molecule has 3 unspecified atom stereocenters. The van der Waals surface area contributed by atoms with E-state index in [-0.39, 0.29) is 29.9 Å². The SMILES string of the molecule is CCOC(=O)C1CCNC(C(C)Oc2ccc(Oc3ccc(F)cc3)cc2)C1. The molecule has 0 spiro atoms. The smallest absolute Gasteiger partial charge is 0.309 e. The van der Waals surface area contributed by atoms with Crippen LogP contribution in [0.25, 0.3) is 0 Å². The van der Waals surface area contributed by atoms with Crippen LogP contribution in [0.4, 0.5) is 4.39 Å². The average Bonchev–Trinajstić information content (AvgIpc) is 2.71. The summed E-state index contributed by atoms with van der Waals surface area (Å²) in [7, 11) is 0. The van der Waals surface area contributed by atoms with Crippen molar-refractivity contribution in [2.75, 3.05) is 13.2 Å². The van der Waals surface area contributed by atoms with Crippen molar-refractivity contribution in [3.63, 3.8) is 0 Å². The van der Waals surface area contributed by atoms with Crippen LogP contribution in [0.2, 0.25) is 0 Å². The summed E-state index contributed by atoms with van der Waals surface area (Å²) in [6.07, 6.45) is 1.39. The van der Waals surface area contributed by atoms with Gasteiger partial charge in [0.25, 0.3) is 0 Å². The lowest BCUT2D eigenvalue weighted by molar-refractivity contribution is -0.149. The third-order valence-electron chi connectivity index (χ3n) is 4.82. The van der Waals surface area contributed by atoms with Crippen molar-refractivity contribution >= 4 is 5.97 Å². The van der Waals surface area contributed by atoms with Crippen molar-refractivity contribution in [3.8, 4) is 17.2 Å². The molecule has 3 atom stereocenters. The molecule has 3 rings (SSSR count). The second-order valence-electron chi connectivity index (χ2n) is 6.88. The Labute approximate surface area is 164 Å². The lowest BCUT2D eigenvalue weighted by atomic mass is 9.90. The lowest BCUT2D eigenvalue weighted by Gasteiger charge is -2.33. The van der Waals surface area contributed by atoms with Gasteiger partial charge in [-0.3, -0.25) is 4.79 Å². The van der Waals surface area contributed by atoms with Gasteiger partial charge in [-0.1, -0.05) is 0 Å². The Hall–Kier alpha value is -2.60. The molecule has 0 aromatic heterocycles. The molecule has 2 aromatic rings. The summed E-state index contributed by atoms with van der Waals surface area (Å²) >= 11 is 0. The van der Waals surface area contributed by atoms with Crippen LogP contribution in [-0.2, 0) is 9.53 Å². The highest BCUT2D eigenvalue weighted by atomic mass is 19.1. The van der Waals surface area contributed by atoms with Crippen LogP contribution < -0.4 is 14.8 Å². The second-order valence-corrected chi connectivity index (χ2v) is 6.88. The van der Waals surface area contributed by atoms with E-state index in [1.165, 1.54) is 12.1 Å². The number of ether oxygens (including phenoxy) is 3. The Kier molecular flexibility index (Phi) is 6.87. The number of benzene rings is 2. The molecule has 0 saturated carbocycles. The average molecular weight is 387 g/mol. The first-order valence-electron chi connectivity index (χ1n) is 9.65. The molecule has 1 saturated heterocycles. The number of hydrogen-bond acceptors (Lipinski definition) is 5. The van der Waals surface area contributed by atoms with E-state index < -0.39 is 0 Å². The molecule has 6 heteroatoms. The predicted molar refractivity (Wildman–Crippen MR) is 104 cm³/mol. The normalized spacial score (nSPS) is 20.2. The van der Waals surface area contributed by atoms with E-state index in [2.05, 4.69) is 5.32 Å². The molecule has 1 N–H and O–H groups in total. The van der Waals surface area contributed by atoms with E-state index in [9.17, 15) is 9.18 Å². The molecule has 1 aliphatic rings. The molecule has 5 nitrogen and oxygen atoms in total. The molecular weight excluding hydrogens is 361 g/mol. The van der Waals surface area contributed by atoms with Crippen molar-refractivity contribution in [2.45, 2.75) is 38.8 Å². The first-order valence-corrected chi connectivity index (χ1v) is 9.65. The number of piperidine rings is 1. The largest absolute Gasteiger partial charge is 0.489 e. The summed E-state index contributed by atoms with van der Waals surface area (Å²) in [6.45, 7) is 5.00. The molecule has 1 aliphatic heterocycles. The summed E-state index contributed by atoms with van der Waals surface area (Å²) in [5.41, 5.74) is 0. The first-order chi connectivity index (χ1) is 13.5. The van der Waals surface area contributed by atoms with Gasteiger partial charge in [-0.05, 0) is 81.8 Å². The highest BCUT2D eigenvalue weighted by Gasteiger charge is 2.31. The number of carbonyl (C=O) groups is 1. The van der Waals surface area contributed by atoms with Gasteiger partial charge in [0.1, 0.15) is 29.2 Å². The lowest BCUT2D eigenvalue weighted by Crippen LogP contribution is -2.48. The molecule has 0 amide bonds. The van der Waals surface area contributed by atoms with Crippen LogP contribution in [0.3, 0.4) is 0 Å². The minimum atomic E-state index is -0.299. The summed E-state index contributed by atoms with van der Waals surface area (Å²) in [5, 5.41) is 3.43. The highest BCUT2D eigenvalue weighted by molar-refractivity contribution is 5.72. The van der Waals surface area contributed by atoms with Crippen LogP contribution in [0.5, 0.6) is 17.2 Å². The van der Waals surface area contributed by atoms with Gasteiger partial charge in [0.2, 0.25) is 0 Å². The molecule has 1 fully saturated rings. The predicted octanol–water partition coefficient (Wildman–Crippen LogP) is 4.32. The van der Waals surface area contributed by atoms with Crippen LogP contribution >= 0.6 is 0 Å². The van der Waals surface area contributed by atoms with Crippen LogP contribution in [-0.4, -0.2) is 31.3 Å². The zero-order chi connectivity index (χ0) is 19.9. The minimum Gasteiger partial charge on any atom is -0.489 e. The van der Waals surface area contributed by atoms with Crippen molar-refractivity contribution in [1.82, 2.24) is 5.32 Å². The number of halogens is 1. The third kappa shape index (κ3) is 5.45. The summed E-state index contributed by atoms with van der Waals surface area (Å²) < 4.78 is 29.8. The van der Waals surface area contributed by atoms with Crippen LogP contribution in [0.1, 0.15) is 26.7 Å². The van der Waals surface area contributed by atoms with E-state index >= 15 is 0 Å². The monoisotopic (exact) mass is 387 g/mol. The highest BCUT2D eigenvalue weighted by Crippen LogP contribution is 2.26. The summed E-state index contributed by atoms with van der Waals surface area (Å²) in [5.74, 6) is 1.43. The minimum absolute atomic E-state index is 0.0799. The quantitative estimate of drug-likeness (QED) is 0.717. The fourth-order valence-electron chi connectivity index (χ4n) is 3.30. The van der Waals surface area contributed by atoms with Crippen molar-refractivity contribution in [1.29, 1.82) is 0 Å². The van der Waals surface area contributed by atoms with Gasteiger partial charge in [-0.2, -0.15) is 0 Å². The van der Waals surface area contributed by atoms with Gasteiger partial charge in [0.15, 0.2) is 0 Å². The third-order valence-corrected chi connectivity index (χ3v) is 4.82. The second kappa shape index (κ2) is 9.55. The number of hydrogen-bond donors (Lipinski definition) is 1. The molecule has 150 valence electrons. The molecule has 1 heterocycles. The molecule has 28 heavy (non-hydrogen) atoms. The maximum absolute atomic E-state index is 13.0. The molecule has 2 aromatic carbocycles. The molecule has 0 aliphatic carbocycles. The number of nitrogens with one attached hydrogen (secondary N) is 1. The standard InChI is InChI=1S/C22H26FNO4/c1-3-26-22(25)16-12-13-24-21(14-16)15(2)27-18-8-10-20(11-9-18)28-19-6-4-17(23)5-7-19/h4-11,15-16,21,24H,3,12-14H2,1-2H3. The Morgan fingerprint density at radius 2 is 1.71 bits per heavy atom.